The van der Waals surface area contributed by atoms with Crippen molar-refractivity contribution in [1.82, 2.24) is 10.6 Å². The van der Waals surface area contributed by atoms with Crippen molar-refractivity contribution in [3.63, 3.8) is 0 Å². The first kappa shape index (κ1) is 23.5. The van der Waals surface area contributed by atoms with E-state index in [9.17, 15) is 9.59 Å². The third-order valence-corrected chi connectivity index (χ3v) is 5.25. The van der Waals surface area contributed by atoms with Gasteiger partial charge in [0.2, 0.25) is 11.8 Å². The van der Waals surface area contributed by atoms with Crippen molar-refractivity contribution in [2.45, 2.75) is 39.1 Å². The molecule has 3 aromatic carbocycles. The molecule has 0 radical (unpaired) electrons. The van der Waals surface area contributed by atoms with Crippen molar-refractivity contribution in [3.05, 3.63) is 106 Å². The Balaban J connectivity index is 1.56. The first-order chi connectivity index (χ1) is 15.5. The monoisotopic (exact) mass is 450 g/mol. The Labute approximate surface area is 193 Å². The van der Waals surface area contributed by atoms with E-state index in [1.54, 1.807) is 12.1 Å². The van der Waals surface area contributed by atoms with Gasteiger partial charge in [0.05, 0.1) is 25.7 Å². The van der Waals surface area contributed by atoms with Gasteiger partial charge in [0.25, 0.3) is 0 Å². The normalized spacial score (nSPS) is 11.6. The van der Waals surface area contributed by atoms with Crippen LogP contribution in [0.25, 0.3) is 0 Å². The quantitative estimate of drug-likeness (QED) is 0.459. The van der Waals surface area contributed by atoms with Gasteiger partial charge in [-0.05, 0) is 34.4 Å². The van der Waals surface area contributed by atoms with Crippen LogP contribution in [0.15, 0.2) is 78.9 Å². The van der Waals surface area contributed by atoms with Gasteiger partial charge in [-0.15, -0.1) is 0 Å². The van der Waals surface area contributed by atoms with Gasteiger partial charge in [0.1, 0.15) is 0 Å². The molecular weight excluding hydrogens is 424 g/mol. The molecule has 32 heavy (non-hydrogen) atoms. The van der Waals surface area contributed by atoms with Crippen LogP contribution in [0.4, 0.5) is 0 Å². The molecule has 0 bridgehead atoms. The highest BCUT2D eigenvalue weighted by Crippen LogP contribution is 2.20. The van der Waals surface area contributed by atoms with Crippen LogP contribution in [-0.2, 0) is 34.1 Å². The SMILES string of the molecule is CC(=O)NC(CC(=O)NCc1ccccc1COCc1ccccc1)c1ccc(Cl)cc1. The second kappa shape index (κ2) is 12.0. The van der Waals surface area contributed by atoms with Crippen molar-refractivity contribution in [2.24, 2.45) is 0 Å². The Kier molecular flexibility index (Phi) is 8.84. The minimum Gasteiger partial charge on any atom is -0.372 e. The molecule has 3 aromatic rings. The van der Waals surface area contributed by atoms with Crippen LogP contribution < -0.4 is 10.6 Å². The van der Waals surface area contributed by atoms with Crippen LogP contribution in [0, 0.1) is 0 Å². The van der Waals surface area contributed by atoms with E-state index >= 15 is 0 Å². The number of hydrogen-bond acceptors (Lipinski definition) is 3. The van der Waals surface area contributed by atoms with Crippen LogP contribution in [0.3, 0.4) is 0 Å². The summed E-state index contributed by atoms with van der Waals surface area (Å²) < 4.78 is 5.86. The summed E-state index contributed by atoms with van der Waals surface area (Å²) in [5, 5.41) is 6.40. The molecule has 0 heterocycles. The molecule has 0 aliphatic rings. The van der Waals surface area contributed by atoms with Crippen molar-refractivity contribution in [1.29, 1.82) is 0 Å². The van der Waals surface area contributed by atoms with Crippen LogP contribution in [0.5, 0.6) is 0 Å². The molecular formula is C26H27ClN2O3. The lowest BCUT2D eigenvalue weighted by Gasteiger charge is -2.18. The summed E-state index contributed by atoms with van der Waals surface area (Å²) in [6.45, 7) is 2.81. The van der Waals surface area contributed by atoms with Gasteiger partial charge in [0, 0.05) is 18.5 Å². The minimum absolute atomic E-state index is 0.133. The number of benzene rings is 3. The summed E-state index contributed by atoms with van der Waals surface area (Å²) >= 11 is 5.95. The van der Waals surface area contributed by atoms with Gasteiger partial charge >= 0.3 is 0 Å². The molecule has 0 spiro atoms. The number of carbonyl (C=O) groups excluding carboxylic acids is 2. The molecule has 1 atom stereocenters. The van der Waals surface area contributed by atoms with Crippen LogP contribution in [0.1, 0.15) is 41.6 Å². The van der Waals surface area contributed by atoms with E-state index in [2.05, 4.69) is 10.6 Å². The third-order valence-electron chi connectivity index (χ3n) is 5.00. The first-order valence-electron chi connectivity index (χ1n) is 10.5. The van der Waals surface area contributed by atoms with Gasteiger partial charge in [-0.3, -0.25) is 9.59 Å². The average molecular weight is 451 g/mol. The molecule has 2 amide bonds. The second-order valence-corrected chi connectivity index (χ2v) is 7.97. The summed E-state index contributed by atoms with van der Waals surface area (Å²) in [6, 6.07) is 24.6. The molecule has 1 unspecified atom stereocenters. The highest BCUT2D eigenvalue weighted by Gasteiger charge is 2.17. The maximum Gasteiger partial charge on any atom is 0.222 e. The number of halogens is 1. The van der Waals surface area contributed by atoms with Gasteiger partial charge < -0.3 is 15.4 Å². The summed E-state index contributed by atoms with van der Waals surface area (Å²) in [7, 11) is 0. The molecule has 0 saturated heterocycles. The Morgan fingerprint density at radius 2 is 1.53 bits per heavy atom. The van der Waals surface area contributed by atoms with E-state index < -0.39 is 6.04 Å². The average Bonchev–Trinajstić information content (AvgIpc) is 2.79. The highest BCUT2D eigenvalue weighted by atomic mass is 35.5. The zero-order chi connectivity index (χ0) is 22.8. The number of amides is 2. The van der Waals surface area contributed by atoms with Crippen molar-refractivity contribution >= 4 is 23.4 Å². The van der Waals surface area contributed by atoms with E-state index in [4.69, 9.17) is 16.3 Å². The Bertz CT molecular complexity index is 1020. The third kappa shape index (κ3) is 7.52. The van der Waals surface area contributed by atoms with Crippen molar-refractivity contribution in [3.8, 4) is 0 Å². The van der Waals surface area contributed by atoms with Crippen LogP contribution in [-0.4, -0.2) is 11.8 Å². The van der Waals surface area contributed by atoms with Gasteiger partial charge in [-0.2, -0.15) is 0 Å². The van der Waals surface area contributed by atoms with Crippen molar-refractivity contribution in [2.75, 3.05) is 0 Å². The molecule has 0 fully saturated rings. The van der Waals surface area contributed by atoms with Crippen LogP contribution in [0.2, 0.25) is 5.02 Å². The fraction of sp³-hybridized carbons (Fsp3) is 0.231. The van der Waals surface area contributed by atoms with Gasteiger partial charge in [-0.1, -0.05) is 78.3 Å². The lowest BCUT2D eigenvalue weighted by molar-refractivity contribution is -0.122. The number of hydrogen-bond donors (Lipinski definition) is 2. The fourth-order valence-electron chi connectivity index (χ4n) is 3.37. The largest absolute Gasteiger partial charge is 0.372 e. The summed E-state index contributed by atoms with van der Waals surface area (Å²) in [5.41, 5.74) is 3.97. The lowest BCUT2D eigenvalue weighted by Crippen LogP contribution is -2.32. The predicted molar refractivity (Wildman–Crippen MR) is 126 cm³/mol. The fourth-order valence-corrected chi connectivity index (χ4v) is 3.49. The maximum atomic E-state index is 12.6. The lowest BCUT2D eigenvalue weighted by atomic mass is 10.0. The Hall–Kier alpha value is -3.15. The molecule has 0 aliphatic heterocycles. The molecule has 3 rings (SSSR count). The smallest absolute Gasteiger partial charge is 0.222 e. The van der Waals surface area contributed by atoms with E-state index in [1.807, 2.05) is 66.7 Å². The van der Waals surface area contributed by atoms with Crippen molar-refractivity contribution < 1.29 is 14.3 Å². The van der Waals surface area contributed by atoms with Gasteiger partial charge in [-0.25, -0.2) is 0 Å². The predicted octanol–water partition coefficient (Wildman–Crippen LogP) is 4.94. The number of ether oxygens (including phenoxy) is 1. The number of rotatable bonds is 10. The Morgan fingerprint density at radius 1 is 0.875 bits per heavy atom. The van der Waals surface area contributed by atoms with E-state index in [0.717, 1.165) is 22.3 Å². The zero-order valence-corrected chi connectivity index (χ0v) is 18.8. The summed E-state index contributed by atoms with van der Waals surface area (Å²) in [5.74, 6) is -0.350. The number of carbonyl (C=O) groups is 2. The summed E-state index contributed by atoms with van der Waals surface area (Å²) in [6.07, 6.45) is 0.133. The van der Waals surface area contributed by atoms with Crippen LogP contribution >= 0.6 is 11.6 Å². The molecule has 166 valence electrons. The molecule has 2 N–H and O–H groups in total. The molecule has 0 aromatic heterocycles. The number of nitrogens with one attached hydrogen (secondary N) is 2. The first-order valence-corrected chi connectivity index (χ1v) is 10.9. The molecule has 6 heteroatoms. The molecule has 5 nitrogen and oxygen atoms in total. The minimum atomic E-state index is -0.422. The second-order valence-electron chi connectivity index (χ2n) is 7.53. The van der Waals surface area contributed by atoms with E-state index in [-0.39, 0.29) is 18.2 Å². The maximum absolute atomic E-state index is 12.6. The molecule has 0 saturated carbocycles. The Morgan fingerprint density at radius 3 is 2.22 bits per heavy atom. The standard InChI is InChI=1S/C26H27ClN2O3/c1-19(30)29-25(21-11-13-24(27)14-12-21)15-26(31)28-16-22-9-5-6-10-23(22)18-32-17-20-7-3-2-4-8-20/h2-14,25H,15-18H2,1H3,(H,28,31)(H,29,30). The zero-order valence-electron chi connectivity index (χ0n) is 18.0. The van der Waals surface area contributed by atoms with E-state index in [0.29, 0.717) is 24.8 Å². The topological polar surface area (TPSA) is 67.4 Å². The van der Waals surface area contributed by atoms with E-state index in [1.165, 1.54) is 6.92 Å². The summed E-state index contributed by atoms with van der Waals surface area (Å²) in [4.78, 5) is 24.3. The van der Waals surface area contributed by atoms with Gasteiger partial charge in [0.15, 0.2) is 0 Å². The molecule has 0 aliphatic carbocycles. The highest BCUT2D eigenvalue weighted by molar-refractivity contribution is 6.30.